The van der Waals surface area contributed by atoms with Crippen molar-refractivity contribution in [2.75, 3.05) is 6.26 Å². The first-order valence-electron chi connectivity index (χ1n) is 4.17. The highest BCUT2D eigenvalue weighted by molar-refractivity contribution is 8.01. The van der Waals surface area contributed by atoms with Crippen molar-refractivity contribution in [1.29, 1.82) is 0 Å². The number of benzene rings is 1. The first-order valence-corrected chi connectivity index (χ1v) is 5.46. The van der Waals surface area contributed by atoms with Gasteiger partial charge in [0, 0.05) is 11.8 Å². The molecule has 2 rings (SSSR count). The number of nitrogens with one attached hydrogen (secondary N) is 1. The summed E-state index contributed by atoms with van der Waals surface area (Å²) in [6.07, 6.45) is 6.13. The normalized spacial score (nSPS) is 16.8. The van der Waals surface area contributed by atoms with Crippen LogP contribution in [0.3, 0.4) is 0 Å². The molecular weight excluding hydrogens is 178 g/mol. The molecule has 0 aliphatic carbocycles. The molecule has 1 nitrogen and oxygen atoms in total. The summed E-state index contributed by atoms with van der Waals surface area (Å²) < 4.78 is 0. The Balaban J connectivity index is 2.49. The lowest BCUT2D eigenvalue weighted by Gasteiger charge is -2.14. The van der Waals surface area contributed by atoms with Crippen LogP contribution in [0.25, 0.3) is 11.8 Å². The molecule has 1 aromatic carbocycles. The van der Waals surface area contributed by atoms with E-state index in [9.17, 15) is 0 Å². The minimum Gasteiger partial charge on any atom is -0.361 e. The fourth-order valence-corrected chi connectivity index (χ4v) is 1.83. The van der Waals surface area contributed by atoms with Gasteiger partial charge in [-0.2, -0.15) is 0 Å². The third-order valence-corrected chi connectivity index (χ3v) is 2.46. The smallest absolute Gasteiger partial charge is 0.0523 e. The average Bonchev–Trinajstić information content (AvgIpc) is 2.19. The second-order valence-electron chi connectivity index (χ2n) is 2.83. The molecule has 1 aliphatic rings. The maximum absolute atomic E-state index is 3.24. The third kappa shape index (κ3) is 1.63. The number of hydrogen-bond acceptors (Lipinski definition) is 2. The van der Waals surface area contributed by atoms with E-state index in [1.165, 1.54) is 16.8 Å². The minimum atomic E-state index is 1.19. The van der Waals surface area contributed by atoms with E-state index in [-0.39, 0.29) is 0 Å². The highest BCUT2D eigenvalue weighted by Crippen LogP contribution is 2.23. The lowest BCUT2D eigenvalue weighted by atomic mass is 10.0. The lowest BCUT2D eigenvalue weighted by Crippen LogP contribution is -2.08. The fourth-order valence-electron chi connectivity index (χ4n) is 1.40. The molecule has 1 heterocycles. The minimum absolute atomic E-state index is 1.19. The lowest BCUT2D eigenvalue weighted by molar-refractivity contribution is 1.21. The van der Waals surface area contributed by atoms with E-state index in [1.54, 1.807) is 11.8 Å². The number of rotatable bonds is 1. The zero-order chi connectivity index (χ0) is 9.10. The van der Waals surface area contributed by atoms with Gasteiger partial charge >= 0.3 is 0 Å². The third-order valence-electron chi connectivity index (χ3n) is 1.99. The number of fused-ring (bicyclic) bond motifs is 1. The molecule has 0 atom stereocenters. The van der Waals surface area contributed by atoms with E-state index < -0.39 is 0 Å². The molecule has 0 amide bonds. The molecule has 1 aliphatic heterocycles. The van der Waals surface area contributed by atoms with Crippen LogP contribution in [0.2, 0.25) is 0 Å². The largest absolute Gasteiger partial charge is 0.361 e. The molecule has 66 valence electrons. The molecule has 1 N–H and O–H groups in total. The van der Waals surface area contributed by atoms with E-state index in [1.807, 2.05) is 6.20 Å². The predicted octanol–water partition coefficient (Wildman–Crippen LogP) is 2.92. The van der Waals surface area contributed by atoms with Gasteiger partial charge in [0.15, 0.2) is 0 Å². The maximum Gasteiger partial charge on any atom is 0.0523 e. The number of hydrogen-bond donors (Lipinski definition) is 1. The van der Waals surface area contributed by atoms with Crippen molar-refractivity contribution in [2.24, 2.45) is 0 Å². The van der Waals surface area contributed by atoms with E-state index in [0.717, 1.165) is 0 Å². The van der Waals surface area contributed by atoms with Crippen LogP contribution in [0.1, 0.15) is 11.1 Å². The summed E-state index contributed by atoms with van der Waals surface area (Å²) in [6.45, 7) is 0. The molecular formula is C11H11NS. The van der Waals surface area contributed by atoms with Gasteiger partial charge in [-0.25, -0.2) is 0 Å². The van der Waals surface area contributed by atoms with Gasteiger partial charge in [-0.3, -0.25) is 0 Å². The van der Waals surface area contributed by atoms with Crippen LogP contribution in [0.15, 0.2) is 35.9 Å². The van der Waals surface area contributed by atoms with Gasteiger partial charge in [0.2, 0.25) is 0 Å². The molecule has 0 spiro atoms. The Kier molecular flexibility index (Phi) is 2.41. The highest BCUT2D eigenvalue weighted by Gasteiger charge is 2.06. The van der Waals surface area contributed by atoms with Crippen LogP contribution in [0.5, 0.6) is 0 Å². The van der Waals surface area contributed by atoms with Gasteiger partial charge in [-0.15, -0.1) is 11.8 Å². The van der Waals surface area contributed by atoms with E-state index in [0.29, 0.717) is 0 Å². The summed E-state index contributed by atoms with van der Waals surface area (Å²) in [5.41, 5.74) is 3.74. The molecule has 0 aromatic heterocycles. The van der Waals surface area contributed by atoms with E-state index in [2.05, 4.69) is 47.3 Å². The fraction of sp³-hybridized carbons (Fsp3) is 0.0909. The molecule has 0 unspecified atom stereocenters. The Hall–Kier alpha value is -1.15. The van der Waals surface area contributed by atoms with Crippen LogP contribution in [-0.2, 0) is 0 Å². The van der Waals surface area contributed by atoms with Crippen molar-refractivity contribution in [3.63, 3.8) is 0 Å². The zero-order valence-electron chi connectivity index (χ0n) is 7.45. The van der Waals surface area contributed by atoms with Crippen LogP contribution in [0, 0.1) is 0 Å². The summed E-state index contributed by atoms with van der Waals surface area (Å²) in [7, 11) is 0. The predicted molar refractivity (Wildman–Crippen MR) is 60.1 cm³/mol. The molecule has 0 saturated carbocycles. The van der Waals surface area contributed by atoms with Gasteiger partial charge in [0.25, 0.3) is 0 Å². The van der Waals surface area contributed by atoms with Crippen LogP contribution in [-0.4, -0.2) is 6.26 Å². The van der Waals surface area contributed by atoms with Crippen LogP contribution >= 0.6 is 11.8 Å². The first kappa shape index (κ1) is 8.45. The van der Waals surface area contributed by atoms with Gasteiger partial charge in [0.05, 0.1) is 5.70 Å². The SMILES string of the molecule is CSC=C1NC=Cc2ccccc21. The van der Waals surface area contributed by atoms with E-state index in [4.69, 9.17) is 0 Å². The Morgan fingerprint density at radius 2 is 2.15 bits per heavy atom. The van der Waals surface area contributed by atoms with Gasteiger partial charge in [-0.1, -0.05) is 24.3 Å². The summed E-state index contributed by atoms with van der Waals surface area (Å²) in [4.78, 5) is 0. The first-order chi connectivity index (χ1) is 6.42. The Labute approximate surface area is 82.5 Å². The molecule has 0 saturated heterocycles. The Morgan fingerprint density at radius 1 is 1.31 bits per heavy atom. The van der Waals surface area contributed by atoms with Crippen molar-refractivity contribution < 1.29 is 0 Å². The zero-order valence-corrected chi connectivity index (χ0v) is 8.27. The molecule has 1 aromatic rings. The summed E-state index contributed by atoms with van der Waals surface area (Å²) in [6, 6.07) is 8.38. The summed E-state index contributed by atoms with van der Waals surface area (Å²) >= 11 is 1.71. The highest BCUT2D eigenvalue weighted by atomic mass is 32.2. The number of thioether (sulfide) groups is 1. The van der Waals surface area contributed by atoms with Gasteiger partial charge in [-0.05, 0) is 23.3 Å². The van der Waals surface area contributed by atoms with Crippen LogP contribution < -0.4 is 5.32 Å². The average molecular weight is 189 g/mol. The topological polar surface area (TPSA) is 12.0 Å². The van der Waals surface area contributed by atoms with Crippen molar-refractivity contribution in [1.82, 2.24) is 5.32 Å². The van der Waals surface area contributed by atoms with Gasteiger partial charge in [0.1, 0.15) is 0 Å². The molecule has 2 heteroatoms. The second-order valence-corrected chi connectivity index (χ2v) is 3.54. The molecule has 13 heavy (non-hydrogen) atoms. The summed E-state index contributed by atoms with van der Waals surface area (Å²) in [5.74, 6) is 0. The molecule has 0 radical (unpaired) electrons. The van der Waals surface area contributed by atoms with Crippen molar-refractivity contribution >= 4 is 23.5 Å². The van der Waals surface area contributed by atoms with Crippen molar-refractivity contribution in [2.45, 2.75) is 0 Å². The monoisotopic (exact) mass is 189 g/mol. The second kappa shape index (κ2) is 3.71. The molecule has 0 fully saturated rings. The summed E-state index contributed by atoms with van der Waals surface area (Å²) in [5, 5.41) is 5.36. The quantitative estimate of drug-likeness (QED) is 0.729. The maximum atomic E-state index is 3.24. The van der Waals surface area contributed by atoms with E-state index >= 15 is 0 Å². The molecule has 0 bridgehead atoms. The Bertz CT molecular complexity index is 366. The van der Waals surface area contributed by atoms with Crippen molar-refractivity contribution in [3.8, 4) is 0 Å². The van der Waals surface area contributed by atoms with Gasteiger partial charge < -0.3 is 5.32 Å². The standard InChI is InChI=1S/C11H11NS/c1-13-8-11-10-5-3-2-4-9(10)6-7-12-11/h2-8,12H,1H3. The van der Waals surface area contributed by atoms with Crippen LogP contribution in [0.4, 0.5) is 0 Å². The Morgan fingerprint density at radius 3 is 3.00 bits per heavy atom. The van der Waals surface area contributed by atoms with Crippen molar-refractivity contribution in [3.05, 3.63) is 47.0 Å².